The van der Waals surface area contributed by atoms with Gasteiger partial charge in [-0.05, 0) is 33.4 Å². The maximum absolute atomic E-state index is 12.6. The predicted molar refractivity (Wildman–Crippen MR) is 51.0 cm³/mol. The zero-order chi connectivity index (χ0) is 12.3. The first kappa shape index (κ1) is 13.3. The quantitative estimate of drug-likeness (QED) is 0.562. The molecule has 0 aromatic heterocycles. The van der Waals surface area contributed by atoms with Crippen LogP contribution >= 0.6 is 16.3 Å². The summed E-state index contributed by atoms with van der Waals surface area (Å²) in [5.74, 6) is -0.632. The van der Waals surface area contributed by atoms with Crippen molar-refractivity contribution in [2.45, 2.75) is 5.53 Å². The molecule has 1 aromatic rings. The molecule has 0 heterocycles. The molecule has 0 amide bonds. The Hall–Kier alpha value is -0.810. The highest BCUT2D eigenvalue weighted by Gasteiger charge is 2.59. The Kier molecular flexibility index (Phi) is 4.15. The minimum atomic E-state index is -3.35. The van der Waals surface area contributed by atoms with Crippen LogP contribution in [0.4, 0.5) is 4.39 Å². The summed E-state index contributed by atoms with van der Waals surface area (Å²) < 4.78 is 38.0. The molecular formula is C7H7FO6P2+2. The lowest BCUT2D eigenvalue weighted by atomic mass is 10.2. The molecule has 0 spiro atoms. The zero-order valence-electron chi connectivity index (χ0n) is 7.65. The molecule has 0 aliphatic carbocycles. The summed E-state index contributed by atoms with van der Waals surface area (Å²) in [4.78, 5) is 17.3. The smallest absolute Gasteiger partial charge is 0.317 e. The average Bonchev–Trinajstić information content (AvgIpc) is 2.17. The third kappa shape index (κ3) is 2.86. The van der Waals surface area contributed by atoms with E-state index in [0.717, 1.165) is 24.3 Å². The van der Waals surface area contributed by atoms with Gasteiger partial charge in [0, 0.05) is 4.57 Å². The van der Waals surface area contributed by atoms with Crippen LogP contribution in [0.1, 0.15) is 5.56 Å². The summed E-state index contributed by atoms with van der Waals surface area (Å²) in [7, 11) is -6.64. The molecule has 0 saturated heterocycles. The van der Waals surface area contributed by atoms with Gasteiger partial charge in [0.25, 0.3) is 0 Å². The Labute approximate surface area is 91.1 Å². The van der Waals surface area contributed by atoms with E-state index in [0.29, 0.717) is 0 Å². The lowest BCUT2D eigenvalue weighted by molar-refractivity contribution is -0.0741. The summed E-state index contributed by atoms with van der Waals surface area (Å²) in [6, 6.07) is 3.76. The first-order valence-corrected chi connectivity index (χ1v) is 6.20. The van der Waals surface area contributed by atoms with Crippen LogP contribution < -0.4 is 0 Å². The molecule has 16 heavy (non-hydrogen) atoms. The van der Waals surface area contributed by atoms with Crippen LogP contribution in [-0.2, 0) is 19.2 Å². The second-order valence-electron chi connectivity index (χ2n) is 2.72. The van der Waals surface area contributed by atoms with E-state index in [1.54, 1.807) is 0 Å². The van der Waals surface area contributed by atoms with Gasteiger partial charge in [0.15, 0.2) is 0 Å². The zero-order valence-corrected chi connectivity index (χ0v) is 9.44. The monoisotopic (exact) mass is 268 g/mol. The van der Waals surface area contributed by atoms with Crippen LogP contribution in [0.15, 0.2) is 24.3 Å². The van der Waals surface area contributed by atoms with Crippen molar-refractivity contribution in [1.29, 1.82) is 0 Å². The van der Waals surface area contributed by atoms with E-state index in [1.807, 2.05) is 0 Å². The molecule has 0 saturated carbocycles. The Balaban J connectivity index is 3.16. The molecule has 1 aromatic carbocycles. The Bertz CT molecular complexity index is 421. The van der Waals surface area contributed by atoms with Crippen molar-refractivity contribution in [2.75, 3.05) is 0 Å². The minimum absolute atomic E-state index is 0.296. The number of hydrogen-bond donors (Lipinski definition) is 3. The van der Waals surface area contributed by atoms with E-state index in [1.165, 1.54) is 0 Å². The molecule has 6 nitrogen and oxygen atoms in total. The molecule has 0 radical (unpaired) electrons. The fourth-order valence-corrected chi connectivity index (χ4v) is 2.16. The fraction of sp³-hybridized carbons (Fsp3) is 0.143. The van der Waals surface area contributed by atoms with Gasteiger partial charge in [0.05, 0.1) is 5.56 Å². The van der Waals surface area contributed by atoms with Crippen molar-refractivity contribution in [2.24, 2.45) is 0 Å². The third-order valence-electron chi connectivity index (χ3n) is 1.68. The lowest BCUT2D eigenvalue weighted by Crippen LogP contribution is -2.22. The number of halogens is 1. The van der Waals surface area contributed by atoms with E-state index in [2.05, 4.69) is 4.52 Å². The number of benzene rings is 1. The van der Waals surface area contributed by atoms with Gasteiger partial charge in [-0.3, -0.25) is 0 Å². The van der Waals surface area contributed by atoms with Crippen molar-refractivity contribution >= 4 is 16.3 Å². The topological polar surface area (TPSA) is 104 Å². The van der Waals surface area contributed by atoms with Gasteiger partial charge in [-0.25, -0.2) is 4.39 Å². The molecule has 86 valence electrons. The summed E-state index contributed by atoms with van der Waals surface area (Å²) in [6.07, 6.45) is 0. The predicted octanol–water partition coefficient (Wildman–Crippen LogP) is 1.33. The third-order valence-corrected chi connectivity index (χ3v) is 3.12. The molecule has 3 unspecified atom stereocenters. The normalized spacial score (nSPS) is 16.5. The van der Waals surface area contributed by atoms with E-state index in [-0.39, 0.29) is 5.56 Å². The molecule has 3 atom stereocenters. The average molecular weight is 268 g/mol. The Morgan fingerprint density at radius 3 is 2.06 bits per heavy atom. The van der Waals surface area contributed by atoms with Crippen molar-refractivity contribution in [3.05, 3.63) is 35.6 Å². The largest absolute Gasteiger partial charge is 0.702 e. The van der Waals surface area contributed by atoms with E-state index < -0.39 is 27.6 Å². The second kappa shape index (κ2) is 5.01. The van der Waals surface area contributed by atoms with Crippen molar-refractivity contribution in [3.8, 4) is 0 Å². The minimum Gasteiger partial charge on any atom is -0.317 e. The van der Waals surface area contributed by atoms with Gasteiger partial charge >= 0.3 is 21.8 Å². The summed E-state index contributed by atoms with van der Waals surface area (Å²) in [6.45, 7) is 0. The van der Waals surface area contributed by atoms with E-state index >= 15 is 0 Å². The fourth-order valence-electron chi connectivity index (χ4n) is 0.974. The molecular weight excluding hydrogens is 261 g/mol. The van der Waals surface area contributed by atoms with Gasteiger partial charge in [0.1, 0.15) is 5.82 Å². The molecule has 0 fully saturated rings. The van der Waals surface area contributed by atoms with Crippen LogP contribution in [0.3, 0.4) is 0 Å². The van der Waals surface area contributed by atoms with Crippen LogP contribution in [0.25, 0.3) is 0 Å². The standard InChI is InChI=1S/C7H5FO6P2/c8-6-3-1-5(2-4-6)7(9,15(10)11)14-16(12)13/h1-4,9H/p+2. The first-order chi connectivity index (χ1) is 7.36. The van der Waals surface area contributed by atoms with Crippen molar-refractivity contribution in [1.82, 2.24) is 0 Å². The Morgan fingerprint density at radius 1 is 1.19 bits per heavy atom. The van der Waals surface area contributed by atoms with E-state index in [9.17, 15) is 18.6 Å². The van der Waals surface area contributed by atoms with Crippen LogP contribution in [-0.4, -0.2) is 14.9 Å². The molecule has 0 aliphatic rings. The molecule has 0 bridgehead atoms. The van der Waals surface area contributed by atoms with Crippen LogP contribution in [0.2, 0.25) is 0 Å². The number of hydrogen-bond acceptors (Lipinski definition) is 4. The molecule has 1 rings (SSSR count). The van der Waals surface area contributed by atoms with E-state index in [4.69, 9.17) is 9.79 Å². The van der Waals surface area contributed by atoms with Gasteiger partial charge in [-0.1, -0.05) is 0 Å². The SMILES string of the molecule is O=[P+](O)OC(O)(c1ccc(F)cc1)[P+](=O)O. The van der Waals surface area contributed by atoms with Gasteiger partial charge in [-0.15, -0.1) is 4.89 Å². The van der Waals surface area contributed by atoms with Crippen molar-refractivity contribution in [3.63, 3.8) is 0 Å². The summed E-state index contributed by atoms with van der Waals surface area (Å²) in [5, 5.41) is 9.60. The highest BCUT2D eigenvalue weighted by molar-refractivity contribution is 7.40. The summed E-state index contributed by atoms with van der Waals surface area (Å²) in [5.41, 5.74) is -3.12. The first-order valence-electron chi connectivity index (χ1n) is 3.86. The van der Waals surface area contributed by atoms with Gasteiger partial charge in [-0.2, -0.15) is 4.89 Å². The maximum Gasteiger partial charge on any atom is 0.702 e. The van der Waals surface area contributed by atoms with Gasteiger partial charge in [0.2, 0.25) is 0 Å². The van der Waals surface area contributed by atoms with Crippen LogP contribution in [0, 0.1) is 5.82 Å². The van der Waals surface area contributed by atoms with Crippen molar-refractivity contribution < 1.29 is 32.9 Å². The number of rotatable bonds is 4. The highest BCUT2D eigenvalue weighted by atomic mass is 31.1. The van der Waals surface area contributed by atoms with Gasteiger partial charge < -0.3 is 5.11 Å². The molecule has 3 N–H and O–H groups in total. The van der Waals surface area contributed by atoms with Crippen LogP contribution in [0.5, 0.6) is 0 Å². The number of aliphatic hydroxyl groups is 1. The molecule has 0 aliphatic heterocycles. The maximum atomic E-state index is 12.6. The lowest BCUT2D eigenvalue weighted by Gasteiger charge is -2.07. The summed E-state index contributed by atoms with van der Waals surface area (Å²) >= 11 is 0. The molecule has 9 heteroatoms. The Morgan fingerprint density at radius 2 is 1.69 bits per heavy atom. The second-order valence-corrected chi connectivity index (χ2v) is 4.53. The highest BCUT2D eigenvalue weighted by Crippen LogP contribution is 2.47.